The fourth-order valence-electron chi connectivity index (χ4n) is 2.50. The second-order valence-corrected chi connectivity index (χ2v) is 5.21. The SMILES string of the molecule is NCC1(c2ccc(O)c(Br)c2)CCCC1. The minimum absolute atomic E-state index is 0.149. The molecule has 1 aromatic carbocycles. The molecule has 3 heteroatoms. The molecule has 1 aliphatic carbocycles. The largest absolute Gasteiger partial charge is 0.507 e. The van der Waals surface area contributed by atoms with Gasteiger partial charge in [-0.2, -0.15) is 0 Å². The molecule has 15 heavy (non-hydrogen) atoms. The van der Waals surface area contributed by atoms with E-state index in [9.17, 15) is 5.11 Å². The zero-order valence-corrected chi connectivity index (χ0v) is 10.3. The molecular weight excluding hydrogens is 254 g/mol. The van der Waals surface area contributed by atoms with Gasteiger partial charge >= 0.3 is 0 Å². The summed E-state index contributed by atoms with van der Waals surface area (Å²) in [7, 11) is 0. The third-order valence-electron chi connectivity index (χ3n) is 3.51. The van der Waals surface area contributed by atoms with E-state index in [-0.39, 0.29) is 5.41 Å². The van der Waals surface area contributed by atoms with Gasteiger partial charge in [0.1, 0.15) is 5.75 Å². The van der Waals surface area contributed by atoms with Gasteiger partial charge in [0.25, 0.3) is 0 Å². The molecule has 1 saturated carbocycles. The molecule has 0 heterocycles. The number of phenolic OH excluding ortho intramolecular Hbond substituents is 1. The third-order valence-corrected chi connectivity index (χ3v) is 4.15. The molecule has 0 aromatic heterocycles. The Bertz CT molecular complexity index is 359. The van der Waals surface area contributed by atoms with Crippen LogP contribution in [0.25, 0.3) is 0 Å². The molecule has 0 bridgehead atoms. The van der Waals surface area contributed by atoms with Crippen molar-refractivity contribution in [1.82, 2.24) is 0 Å². The highest BCUT2D eigenvalue weighted by Gasteiger charge is 2.34. The van der Waals surface area contributed by atoms with Gasteiger partial charge in [-0.15, -0.1) is 0 Å². The predicted molar refractivity (Wildman–Crippen MR) is 65.0 cm³/mol. The number of benzene rings is 1. The van der Waals surface area contributed by atoms with Gasteiger partial charge < -0.3 is 10.8 Å². The number of hydrogen-bond donors (Lipinski definition) is 2. The summed E-state index contributed by atoms with van der Waals surface area (Å²) in [6.45, 7) is 0.699. The van der Waals surface area contributed by atoms with Crippen LogP contribution in [-0.2, 0) is 5.41 Å². The van der Waals surface area contributed by atoms with Crippen molar-refractivity contribution in [2.75, 3.05) is 6.54 Å². The molecule has 0 aliphatic heterocycles. The summed E-state index contributed by atoms with van der Waals surface area (Å²) in [5, 5.41) is 9.47. The molecular formula is C12H16BrNO. The summed E-state index contributed by atoms with van der Waals surface area (Å²) in [5.74, 6) is 0.295. The molecule has 0 amide bonds. The average molecular weight is 270 g/mol. The number of rotatable bonds is 2. The zero-order chi connectivity index (χ0) is 10.9. The Kier molecular flexibility index (Phi) is 3.03. The van der Waals surface area contributed by atoms with Crippen molar-refractivity contribution >= 4 is 15.9 Å². The molecule has 0 saturated heterocycles. The topological polar surface area (TPSA) is 46.2 Å². The number of nitrogens with two attached hydrogens (primary N) is 1. The van der Waals surface area contributed by atoms with Crippen LogP contribution in [0, 0.1) is 0 Å². The molecule has 1 fully saturated rings. The highest BCUT2D eigenvalue weighted by atomic mass is 79.9. The smallest absolute Gasteiger partial charge is 0.129 e. The van der Waals surface area contributed by atoms with Crippen LogP contribution in [0.15, 0.2) is 22.7 Å². The van der Waals surface area contributed by atoms with Gasteiger partial charge in [-0.25, -0.2) is 0 Å². The van der Waals surface area contributed by atoms with Crippen molar-refractivity contribution in [1.29, 1.82) is 0 Å². The van der Waals surface area contributed by atoms with E-state index in [4.69, 9.17) is 5.73 Å². The van der Waals surface area contributed by atoms with Crippen LogP contribution >= 0.6 is 15.9 Å². The standard InChI is InChI=1S/C12H16BrNO/c13-10-7-9(3-4-11(10)15)12(8-14)5-1-2-6-12/h3-4,7,15H,1-2,5-6,8,14H2. The van der Waals surface area contributed by atoms with E-state index < -0.39 is 0 Å². The summed E-state index contributed by atoms with van der Waals surface area (Å²) in [6, 6.07) is 5.75. The first-order valence-electron chi connectivity index (χ1n) is 5.37. The Morgan fingerprint density at radius 2 is 2.00 bits per heavy atom. The zero-order valence-electron chi connectivity index (χ0n) is 8.67. The molecule has 3 N–H and O–H groups in total. The van der Waals surface area contributed by atoms with Crippen molar-refractivity contribution in [3.63, 3.8) is 0 Å². The van der Waals surface area contributed by atoms with Crippen LogP contribution in [0.5, 0.6) is 5.75 Å². The van der Waals surface area contributed by atoms with Gasteiger partial charge in [0.05, 0.1) is 4.47 Å². The first-order chi connectivity index (χ1) is 7.18. The van der Waals surface area contributed by atoms with Crippen LogP contribution in [0.4, 0.5) is 0 Å². The van der Waals surface area contributed by atoms with Gasteiger partial charge in [0.2, 0.25) is 0 Å². The Balaban J connectivity index is 2.38. The fraction of sp³-hybridized carbons (Fsp3) is 0.500. The maximum atomic E-state index is 9.47. The van der Waals surface area contributed by atoms with Crippen molar-refractivity contribution in [3.05, 3.63) is 28.2 Å². The average Bonchev–Trinajstić information content (AvgIpc) is 2.72. The number of phenols is 1. The van der Waals surface area contributed by atoms with E-state index in [1.165, 1.54) is 31.2 Å². The van der Waals surface area contributed by atoms with Crippen molar-refractivity contribution in [2.24, 2.45) is 5.73 Å². The van der Waals surface area contributed by atoms with Crippen LogP contribution in [-0.4, -0.2) is 11.7 Å². The first kappa shape index (κ1) is 11.0. The van der Waals surface area contributed by atoms with E-state index in [2.05, 4.69) is 15.9 Å². The summed E-state index contributed by atoms with van der Waals surface area (Å²) in [4.78, 5) is 0. The summed E-state index contributed by atoms with van der Waals surface area (Å²) < 4.78 is 0.764. The van der Waals surface area contributed by atoms with Gasteiger partial charge in [-0.3, -0.25) is 0 Å². The lowest BCUT2D eigenvalue weighted by atomic mass is 9.79. The van der Waals surface area contributed by atoms with Crippen molar-refractivity contribution < 1.29 is 5.11 Å². The molecule has 1 aliphatic rings. The molecule has 1 aromatic rings. The van der Waals surface area contributed by atoms with Gasteiger partial charge in [0.15, 0.2) is 0 Å². The van der Waals surface area contributed by atoms with Crippen LogP contribution in [0.1, 0.15) is 31.2 Å². The van der Waals surface area contributed by atoms with Crippen LogP contribution in [0.2, 0.25) is 0 Å². The molecule has 0 unspecified atom stereocenters. The molecule has 0 atom stereocenters. The van der Waals surface area contributed by atoms with E-state index in [1.54, 1.807) is 6.07 Å². The molecule has 82 valence electrons. The second-order valence-electron chi connectivity index (χ2n) is 4.36. The molecule has 0 radical (unpaired) electrons. The number of halogens is 1. The molecule has 0 spiro atoms. The Morgan fingerprint density at radius 3 is 2.53 bits per heavy atom. The van der Waals surface area contributed by atoms with E-state index >= 15 is 0 Å². The quantitative estimate of drug-likeness (QED) is 0.868. The Hall–Kier alpha value is -0.540. The Labute approximate surface area is 98.6 Å². The van der Waals surface area contributed by atoms with Crippen molar-refractivity contribution in [2.45, 2.75) is 31.1 Å². The minimum Gasteiger partial charge on any atom is -0.507 e. The van der Waals surface area contributed by atoms with E-state index in [0.717, 1.165) is 4.47 Å². The summed E-state index contributed by atoms with van der Waals surface area (Å²) >= 11 is 3.36. The molecule has 2 nitrogen and oxygen atoms in total. The molecule has 2 rings (SSSR count). The van der Waals surface area contributed by atoms with Crippen LogP contribution < -0.4 is 5.73 Å². The lowest BCUT2D eigenvalue weighted by Gasteiger charge is -2.28. The lowest BCUT2D eigenvalue weighted by Crippen LogP contribution is -2.31. The normalized spacial score (nSPS) is 19.3. The van der Waals surface area contributed by atoms with Gasteiger partial charge in [-0.05, 0) is 46.5 Å². The predicted octanol–water partition coefficient (Wildman–Crippen LogP) is 2.93. The number of hydrogen-bond acceptors (Lipinski definition) is 2. The van der Waals surface area contributed by atoms with E-state index in [0.29, 0.717) is 12.3 Å². The maximum Gasteiger partial charge on any atom is 0.129 e. The van der Waals surface area contributed by atoms with Crippen molar-refractivity contribution in [3.8, 4) is 5.75 Å². The van der Waals surface area contributed by atoms with Gasteiger partial charge in [0, 0.05) is 12.0 Å². The first-order valence-corrected chi connectivity index (χ1v) is 6.16. The third kappa shape index (κ3) is 1.91. The van der Waals surface area contributed by atoms with Gasteiger partial charge in [-0.1, -0.05) is 18.9 Å². The Morgan fingerprint density at radius 1 is 1.33 bits per heavy atom. The summed E-state index contributed by atoms with van der Waals surface area (Å²) in [6.07, 6.45) is 4.85. The highest BCUT2D eigenvalue weighted by molar-refractivity contribution is 9.10. The minimum atomic E-state index is 0.149. The lowest BCUT2D eigenvalue weighted by molar-refractivity contribution is 0.447. The maximum absolute atomic E-state index is 9.47. The fourth-order valence-corrected chi connectivity index (χ4v) is 2.88. The number of aromatic hydroxyl groups is 1. The highest BCUT2D eigenvalue weighted by Crippen LogP contribution is 2.42. The monoisotopic (exact) mass is 269 g/mol. The van der Waals surface area contributed by atoms with Crippen LogP contribution in [0.3, 0.4) is 0 Å². The van der Waals surface area contributed by atoms with E-state index in [1.807, 2.05) is 12.1 Å². The second kappa shape index (κ2) is 4.14. The summed E-state index contributed by atoms with van der Waals surface area (Å²) in [5.41, 5.74) is 7.32.